The first kappa shape index (κ1) is 20.5. The molecule has 3 aromatic rings. The number of aliphatic hydroxyl groups is 2. The number of rotatable bonds is 6. The van der Waals surface area contributed by atoms with Gasteiger partial charge in [0, 0.05) is 18.9 Å². The number of nitrogens with one attached hydrogen (secondary N) is 1. The van der Waals surface area contributed by atoms with Gasteiger partial charge in [-0.2, -0.15) is 0 Å². The highest BCUT2D eigenvalue weighted by Gasteiger charge is 2.15. The first-order valence-electron chi connectivity index (χ1n) is 8.50. The van der Waals surface area contributed by atoms with Crippen LogP contribution in [0.3, 0.4) is 0 Å². The van der Waals surface area contributed by atoms with Gasteiger partial charge >= 0.3 is 0 Å². The van der Waals surface area contributed by atoms with Gasteiger partial charge in [-0.3, -0.25) is 9.78 Å². The Balaban J connectivity index is 1.70. The van der Waals surface area contributed by atoms with Gasteiger partial charge in [0.1, 0.15) is 6.10 Å². The minimum atomic E-state index is -1.53. The lowest BCUT2D eigenvalue weighted by molar-refractivity contribution is 0.0915. The van der Waals surface area contributed by atoms with E-state index in [2.05, 4.69) is 15.3 Å². The summed E-state index contributed by atoms with van der Waals surface area (Å²) in [4.78, 5) is 20.4. The number of hydrogen-bond acceptors (Lipinski definition) is 5. The SMILES string of the molecule is Cc1cc(C(=O)Nc2cn(Cc3cc(F)c(F)c(F)c3)cn2)cnc1C(O)CO. The van der Waals surface area contributed by atoms with E-state index < -0.39 is 36.1 Å². The Morgan fingerprint density at radius 2 is 1.90 bits per heavy atom. The molecule has 0 saturated heterocycles. The lowest BCUT2D eigenvalue weighted by Gasteiger charge is -2.11. The first-order valence-corrected chi connectivity index (χ1v) is 8.50. The molecular formula is C19H17F3N4O3. The van der Waals surface area contributed by atoms with Crippen LogP contribution in [-0.4, -0.2) is 37.3 Å². The Morgan fingerprint density at radius 1 is 1.21 bits per heavy atom. The van der Waals surface area contributed by atoms with E-state index in [1.54, 1.807) is 6.92 Å². The first-order chi connectivity index (χ1) is 13.8. The zero-order chi connectivity index (χ0) is 21.1. The highest BCUT2D eigenvalue weighted by Crippen LogP contribution is 2.17. The molecule has 0 fully saturated rings. The van der Waals surface area contributed by atoms with Crippen molar-refractivity contribution >= 4 is 11.7 Å². The van der Waals surface area contributed by atoms with Crippen molar-refractivity contribution in [3.05, 3.63) is 76.8 Å². The maximum Gasteiger partial charge on any atom is 0.258 e. The molecule has 1 amide bonds. The Morgan fingerprint density at radius 3 is 2.52 bits per heavy atom. The molecule has 3 N–H and O–H groups in total. The molecule has 29 heavy (non-hydrogen) atoms. The van der Waals surface area contributed by atoms with E-state index in [-0.39, 0.29) is 29.2 Å². The molecular weight excluding hydrogens is 389 g/mol. The Kier molecular flexibility index (Phi) is 5.95. The largest absolute Gasteiger partial charge is 0.393 e. The lowest BCUT2D eigenvalue weighted by atomic mass is 10.1. The molecule has 0 aliphatic carbocycles. The maximum atomic E-state index is 13.3. The summed E-state index contributed by atoms with van der Waals surface area (Å²) in [6, 6.07) is 3.28. The van der Waals surface area contributed by atoms with Crippen LogP contribution in [0.15, 0.2) is 36.9 Å². The van der Waals surface area contributed by atoms with Crippen LogP contribution in [0.2, 0.25) is 0 Å². The van der Waals surface area contributed by atoms with E-state index in [0.717, 1.165) is 12.1 Å². The average Bonchev–Trinajstić information content (AvgIpc) is 3.12. The van der Waals surface area contributed by atoms with Crippen molar-refractivity contribution in [3.8, 4) is 0 Å². The zero-order valence-electron chi connectivity index (χ0n) is 15.2. The minimum Gasteiger partial charge on any atom is -0.393 e. The molecule has 2 aromatic heterocycles. The van der Waals surface area contributed by atoms with Crippen LogP contribution in [0.5, 0.6) is 0 Å². The summed E-state index contributed by atoms with van der Waals surface area (Å²) in [5.74, 6) is -4.42. The van der Waals surface area contributed by atoms with E-state index in [1.165, 1.54) is 29.4 Å². The van der Waals surface area contributed by atoms with Gasteiger partial charge in [0.05, 0.1) is 24.2 Å². The number of aryl methyl sites for hydroxylation is 1. The van der Waals surface area contributed by atoms with Crippen LogP contribution in [0, 0.1) is 24.4 Å². The van der Waals surface area contributed by atoms with Crippen molar-refractivity contribution in [1.29, 1.82) is 0 Å². The molecule has 7 nitrogen and oxygen atoms in total. The van der Waals surface area contributed by atoms with Crippen molar-refractivity contribution in [2.45, 2.75) is 19.6 Å². The molecule has 1 aromatic carbocycles. The van der Waals surface area contributed by atoms with Gasteiger partial charge < -0.3 is 20.1 Å². The van der Waals surface area contributed by atoms with E-state index in [1.807, 2.05) is 0 Å². The number of nitrogens with zero attached hydrogens (tertiary/aromatic N) is 3. The molecule has 2 heterocycles. The summed E-state index contributed by atoms with van der Waals surface area (Å²) in [6.07, 6.45) is 2.92. The number of carbonyl (C=O) groups is 1. The molecule has 0 spiro atoms. The number of aliphatic hydroxyl groups excluding tert-OH is 2. The molecule has 10 heteroatoms. The average molecular weight is 406 g/mol. The molecule has 0 saturated carbocycles. The summed E-state index contributed by atoms with van der Waals surface area (Å²) in [6.45, 7) is 1.18. The summed E-state index contributed by atoms with van der Waals surface area (Å²) < 4.78 is 41.1. The zero-order valence-corrected chi connectivity index (χ0v) is 15.2. The van der Waals surface area contributed by atoms with Crippen LogP contribution < -0.4 is 5.32 Å². The Bertz CT molecular complexity index is 1030. The monoisotopic (exact) mass is 406 g/mol. The second kappa shape index (κ2) is 8.41. The molecule has 0 radical (unpaired) electrons. The highest BCUT2D eigenvalue weighted by atomic mass is 19.2. The van der Waals surface area contributed by atoms with Crippen molar-refractivity contribution in [1.82, 2.24) is 14.5 Å². The fourth-order valence-corrected chi connectivity index (χ4v) is 2.75. The van der Waals surface area contributed by atoms with Gasteiger partial charge in [-0.05, 0) is 36.2 Å². The van der Waals surface area contributed by atoms with E-state index >= 15 is 0 Å². The van der Waals surface area contributed by atoms with Gasteiger partial charge in [0.25, 0.3) is 5.91 Å². The molecule has 0 bridgehead atoms. The van der Waals surface area contributed by atoms with Gasteiger partial charge in [-0.15, -0.1) is 0 Å². The molecule has 1 atom stereocenters. The van der Waals surface area contributed by atoms with Crippen LogP contribution >= 0.6 is 0 Å². The van der Waals surface area contributed by atoms with Crippen LogP contribution in [-0.2, 0) is 6.54 Å². The molecule has 1 unspecified atom stereocenters. The maximum absolute atomic E-state index is 13.3. The Hall–Kier alpha value is -3.24. The molecule has 152 valence electrons. The van der Waals surface area contributed by atoms with Crippen molar-refractivity contribution in [3.63, 3.8) is 0 Å². The number of aromatic nitrogens is 3. The molecule has 0 aliphatic heterocycles. The lowest BCUT2D eigenvalue weighted by Crippen LogP contribution is -2.15. The number of pyridine rings is 1. The minimum absolute atomic E-state index is 0.0192. The summed E-state index contributed by atoms with van der Waals surface area (Å²) in [5, 5.41) is 21.2. The van der Waals surface area contributed by atoms with Crippen molar-refractivity contribution in [2.75, 3.05) is 11.9 Å². The third kappa shape index (κ3) is 4.61. The summed E-state index contributed by atoms with van der Waals surface area (Å²) in [5.41, 5.74) is 1.21. The topological polar surface area (TPSA) is 100 Å². The third-order valence-corrected chi connectivity index (χ3v) is 4.15. The van der Waals surface area contributed by atoms with Crippen molar-refractivity contribution < 1.29 is 28.2 Å². The number of halogens is 3. The number of hydrogen-bond donors (Lipinski definition) is 3. The predicted octanol–water partition coefficient (Wildman–Crippen LogP) is 2.33. The fraction of sp³-hybridized carbons (Fsp3) is 0.211. The second-order valence-electron chi connectivity index (χ2n) is 6.38. The normalized spacial score (nSPS) is 12.1. The smallest absolute Gasteiger partial charge is 0.258 e. The van der Waals surface area contributed by atoms with Gasteiger partial charge in [-0.25, -0.2) is 18.2 Å². The number of imidazole rings is 1. The third-order valence-electron chi connectivity index (χ3n) is 4.15. The standard InChI is InChI=1S/C19H17F3N4O3/c1-10-2-12(5-23-18(10)15(28)8-27)19(29)25-16-7-26(9-24-16)6-11-3-13(20)17(22)14(21)4-11/h2-5,7,9,15,27-28H,6,8H2,1H3,(H,25,29). The Labute approximate surface area is 163 Å². The van der Waals surface area contributed by atoms with E-state index in [0.29, 0.717) is 5.56 Å². The molecule has 3 rings (SSSR count). The summed E-state index contributed by atoms with van der Waals surface area (Å²) in [7, 11) is 0. The van der Waals surface area contributed by atoms with E-state index in [9.17, 15) is 23.1 Å². The van der Waals surface area contributed by atoms with Gasteiger partial charge in [-0.1, -0.05) is 0 Å². The molecule has 0 aliphatic rings. The number of carbonyl (C=O) groups excluding carboxylic acids is 1. The summed E-state index contributed by atoms with van der Waals surface area (Å²) >= 11 is 0. The van der Waals surface area contributed by atoms with Gasteiger partial charge in [0.15, 0.2) is 23.3 Å². The fourth-order valence-electron chi connectivity index (χ4n) is 2.75. The van der Waals surface area contributed by atoms with Crippen LogP contribution in [0.1, 0.15) is 33.3 Å². The van der Waals surface area contributed by atoms with E-state index in [4.69, 9.17) is 5.11 Å². The number of benzene rings is 1. The number of amides is 1. The van der Waals surface area contributed by atoms with Crippen LogP contribution in [0.25, 0.3) is 0 Å². The van der Waals surface area contributed by atoms with Gasteiger partial charge in [0.2, 0.25) is 0 Å². The van der Waals surface area contributed by atoms with Crippen molar-refractivity contribution in [2.24, 2.45) is 0 Å². The highest BCUT2D eigenvalue weighted by molar-refractivity contribution is 6.03. The van der Waals surface area contributed by atoms with Crippen LogP contribution in [0.4, 0.5) is 19.0 Å². The quantitative estimate of drug-likeness (QED) is 0.546. The second-order valence-corrected chi connectivity index (χ2v) is 6.38. The number of anilines is 1. The predicted molar refractivity (Wildman–Crippen MR) is 96.6 cm³/mol.